The molecular weight excluding hydrogens is 280 g/mol. The first-order chi connectivity index (χ1) is 7.63. The minimum Gasteiger partial charge on any atom is -0.206 e. The van der Waals surface area contributed by atoms with E-state index < -0.39 is 6.43 Å². The van der Waals surface area contributed by atoms with Crippen LogP contribution >= 0.6 is 15.9 Å². The number of rotatable bonds is 4. The molecule has 16 heavy (non-hydrogen) atoms. The van der Waals surface area contributed by atoms with Crippen LogP contribution in [-0.2, 0) is 6.42 Å². The number of halogens is 3. The fraction of sp³-hybridized carbons (Fsp3) is 0.200. The molecule has 1 rings (SSSR count). The van der Waals surface area contributed by atoms with Crippen molar-refractivity contribution in [2.45, 2.75) is 12.8 Å². The van der Waals surface area contributed by atoms with E-state index in [0.29, 0.717) is 15.7 Å². The SMILES string of the molecule is [N-]=[N+]=Nc1ccccc1CC(Br)=CC(F)F. The third kappa shape index (κ3) is 4.00. The lowest BCUT2D eigenvalue weighted by atomic mass is 10.1. The number of nitrogens with zero attached hydrogens (tertiary/aromatic N) is 3. The number of allylic oxidation sites excluding steroid dienone is 2. The van der Waals surface area contributed by atoms with Gasteiger partial charge in [-0.3, -0.25) is 0 Å². The van der Waals surface area contributed by atoms with Gasteiger partial charge in [0.1, 0.15) is 0 Å². The summed E-state index contributed by atoms with van der Waals surface area (Å²) in [5.41, 5.74) is 9.48. The molecule has 0 atom stereocenters. The van der Waals surface area contributed by atoms with Gasteiger partial charge >= 0.3 is 0 Å². The number of alkyl halides is 2. The third-order valence-electron chi connectivity index (χ3n) is 1.81. The highest BCUT2D eigenvalue weighted by Gasteiger charge is 2.04. The Kier molecular flexibility index (Phi) is 4.95. The highest BCUT2D eigenvalue weighted by molar-refractivity contribution is 9.11. The minimum absolute atomic E-state index is 0.277. The van der Waals surface area contributed by atoms with Gasteiger partial charge in [0.25, 0.3) is 6.43 Å². The minimum atomic E-state index is -2.50. The van der Waals surface area contributed by atoms with Gasteiger partial charge in [-0.25, -0.2) is 8.78 Å². The highest BCUT2D eigenvalue weighted by atomic mass is 79.9. The molecule has 0 saturated carbocycles. The summed E-state index contributed by atoms with van der Waals surface area (Å²) in [6, 6.07) is 6.84. The van der Waals surface area contributed by atoms with Crippen LogP contribution < -0.4 is 0 Å². The van der Waals surface area contributed by atoms with Crippen molar-refractivity contribution in [1.82, 2.24) is 0 Å². The van der Waals surface area contributed by atoms with Crippen molar-refractivity contribution in [3.63, 3.8) is 0 Å². The van der Waals surface area contributed by atoms with Gasteiger partial charge in [-0.1, -0.05) is 45.3 Å². The largest absolute Gasteiger partial charge is 0.258 e. The predicted molar refractivity (Wildman–Crippen MR) is 62.0 cm³/mol. The van der Waals surface area contributed by atoms with E-state index in [0.717, 1.165) is 6.08 Å². The topological polar surface area (TPSA) is 48.8 Å². The lowest BCUT2D eigenvalue weighted by molar-refractivity contribution is 0.203. The molecule has 0 aliphatic carbocycles. The highest BCUT2D eigenvalue weighted by Crippen LogP contribution is 2.24. The van der Waals surface area contributed by atoms with Crippen LogP contribution in [0.15, 0.2) is 39.9 Å². The molecule has 84 valence electrons. The van der Waals surface area contributed by atoms with E-state index in [1.165, 1.54) is 0 Å². The van der Waals surface area contributed by atoms with E-state index in [1.807, 2.05) is 0 Å². The van der Waals surface area contributed by atoms with Crippen LogP contribution in [0.5, 0.6) is 0 Å². The quantitative estimate of drug-likeness (QED) is 0.437. The van der Waals surface area contributed by atoms with Crippen molar-refractivity contribution in [1.29, 1.82) is 0 Å². The summed E-state index contributed by atoms with van der Waals surface area (Å²) in [4.78, 5) is 2.68. The number of hydrogen-bond donors (Lipinski definition) is 0. The normalized spacial score (nSPS) is 11.4. The van der Waals surface area contributed by atoms with E-state index in [4.69, 9.17) is 5.53 Å². The first-order valence-electron chi connectivity index (χ1n) is 4.41. The predicted octanol–water partition coefficient (Wildman–Crippen LogP) is 4.71. The maximum atomic E-state index is 12.0. The van der Waals surface area contributed by atoms with Crippen molar-refractivity contribution < 1.29 is 8.78 Å². The smallest absolute Gasteiger partial charge is 0.206 e. The number of azide groups is 1. The van der Waals surface area contributed by atoms with Crippen LogP contribution in [0.25, 0.3) is 10.4 Å². The van der Waals surface area contributed by atoms with Gasteiger partial charge in [0.15, 0.2) is 0 Å². The Labute approximate surface area is 99.5 Å². The second-order valence-electron chi connectivity index (χ2n) is 2.94. The molecule has 3 nitrogen and oxygen atoms in total. The van der Waals surface area contributed by atoms with Crippen molar-refractivity contribution in [3.8, 4) is 0 Å². The summed E-state index contributed by atoms with van der Waals surface area (Å²) in [5, 5.41) is 3.48. The Balaban J connectivity index is 2.92. The van der Waals surface area contributed by atoms with E-state index in [-0.39, 0.29) is 6.42 Å². The monoisotopic (exact) mass is 287 g/mol. The molecule has 6 heteroatoms. The van der Waals surface area contributed by atoms with Crippen molar-refractivity contribution in [2.24, 2.45) is 5.11 Å². The third-order valence-corrected chi connectivity index (χ3v) is 2.35. The second kappa shape index (κ2) is 6.25. The zero-order valence-electron chi connectivity index (χ0n) is 8.15. The molecule has 0 fully saturated rings. The van der Waals surface area contributed by atoms with Crippen molar-refractivity contribution in [3.05, 3.63) is 50.8 Å². The zero-order chi connectivity index (χ0) is 12.0. The first-order valence-corrected chi connectivity index (χ1v) is 5.20. The summed E-state index contributed by atoms with van der Waals surface area (Å²) in [7, 11) is 0. The molecule has 0 radical (unpaired) electrons. The van der Waals surface area contributed by atoms with Gasteiger partial charge in [-0.15, -0.1) is 0 Å². The van der Waals surface area contributed by atoms with Crippen LogP contribution in [0, 0.1) is 0 Å². The van der Waals surface area contributed by atoms with Gasteiger partial charge in [-0.05, 0) is 17.2 Å². The van der Waals surface area contributed by atoms with E-state index in [2.05, 4.69) is 26.0 Å². The number of benzene rings is 1. The Morgan fingerprint density at radius 3 is 2.81 bits per heavy atom. The summed E-state index contributed by atoms with van der Waals surface area (Å²) in [6.45, 7) is 0. The molecule has 0 heterocycles. The Morgan fingerprint density at radius 1 is 1.50 bits per heavy atom. The van der Waals surface area contributed by atoms with Gasteiger partial charge < -0.3 is 0 Å². The molecule has 0 bridgehead atoms. The average molecular weight is 288 g/mol. The lowest BCUT2D eigenvalue weighted by Crippen LogP contribution is -1.89. The molecule has 1 aromatic carbocycles. The molecule has 0 N–H and O–H groups in total. The summed E-state index contributed by atoms with van der Waals surface area (Å²) >= 11 is 3.05. The molecule has 0 aromatic heterocycles. The van der Waals surface area contributed by atoms with Gasteiger partial charge in [0.05, 0.1) is 0 Å². The fourth-order valence-corrected chi connectivity index (χ4v) is 1.69. The fourth-order valence-electron chi connectivity index (χ4n) is 1.18. The maximum absolute atomic E-state index is 12.0. The lowest BCUT2D eigenvalue weighted by Gasteiger charge is -2.04. The van der Waals surface area contributed by atoms with Gasteiger partial charge in [-0.2, -0.15) is 0 Å². The molecule has 1 aromatic rings. The molecule has 0 spiro atoms. The Hall–Kier alpha value is -1.39. The number of hydrogen-bond acceptors (Lipinski definition) is 1. The molecule has 0 unspecified atom stereocenters. The van der Waals surface area contributed by atoms with Crippen molar-refractivity contribution in [2.75, 3.05) is 0 Å². The van der Waals surface area contributed by atoms with Crippen LogP contribution in [0.1, 0.15) is 5.56 Å². The maximum Gasteiger partial charge on any atom is 0.258 e. The molecule has 0 amide bonds. The molecule has 0 aliphatic heterocycles. The van der Waals surface area contributed by atoms with E-state index >= 15 is 0 Å². The standard InChI is InChI=1S/C10H8BrF2N3/c11-8(6-10(12)13)5-7-3-1-2-4-9(7)15-16-14/h1-4,6,10H,5H2. The molecule has 0 aliphatic rings. The summed E-state index contributed by atoms with van der Waals surface area (Å²) < 4.78 is 24.5. The molecule has 0 saturated heterocycles. The van der Waals surface area contributed by atoms with Crippen LogP contribution in [-0.4, -0.2) is 6.43 Å². The van der Waals surface area contributed by atoms with Gasteiger partial charge in [0, 0.05) is 21.5 Å². The van der Waals surface area contributed by atoms with Crippen LogP contribution in [0.2, 0.25) is 0 Å². The Morgan fingerprint density at radius 2 is 2.19 bits per heavy atom. The Bertz CT molecular complexity index is 439. The summed E-state index contributed by atoms with van der Waals surface area (Å²) in [5.74, 6) is 0. The zero-order valence-corrected chi connectivity index (χ0v) is 9.73. The summed E-state index contributed by atoms with van der Waals surface area (Å²) in [6.07, 6.45) is -1.41. The van der Waals surface area contributed by atoms with Crippen molar-refractivity contribution >= 4 is 21.6 Å². The first kappa shape index (κ1) is 12.7. The van der Waals surface area contributed by atoms with Crippen LogP contribution in [0.4, 0.5) is 14.5 Å². The van der Waals surface area contributed by atoms with E-state index in [1.54, 1.807) is 24.3 Å². The van der Waals surface area contributed by atoms with Gasteiger partial charge in [0.2, 0.25) is 0 Å². The molecular formula is C10H8BrF2N3. The second-order valence-corrected chi connectivity index (χ2v) is 3.96. The average Bonchev–Trinajstić information content (AvgIpc) is 2.20. The van der Waals surface area contributed by atoms with Crippen LogP contribution in [0.3, 0.4) is 0 Å². The van der Waals surface area contributed by atoms with E-state index in [9.17, 15) is 8.78 Å².